The molecule has 1 fully saturated rings. The van der Waals surface area contributed by atoms with Gasteiger partial charge in [-0.15, -0.1) is 0 Å². The summed E-state index contributed by atoms with van der Waals surface area (Å²) in [7, 11) is 0. The third kappa shape index (κ3) is 2.54. The number of rotatable bonds is 3. The van der Waals surface area contributed by atoms with Crippen molar-refractivity contribution < 1.29 is 4.79 Å². The molecule has 0 saturated heterocycles. The molecule has 1 saturated carbocycles. The number of hydrogen-bond acceptors (Lipinski definition) is 4. The lowest BCUT2D eigenvalue weighted by molar-refractivity contribution is 0.0945. The predicted octanol–water partition coefficient (Wildman–Crippen LogP) is 1.32. The topological polar surface area (TPSA) is 80.9 Å². The van der Waals surface area contributed by atoms with Crippen LogP contribution in [0.3, 0.4) is 0 Å². The van der Waals surface area contributed by atoms with E-state index in [4.69, 9.17) is 5.73 Å². The lowest BCUT2D eigenvalue weighted by Crippen LogP contribution is -2.28. The molecule has 92 valence electrons. The van der Waals surface area contributed by atoms with Crippen molar-refractivity contribution in [1.82, 2.24) is 15.3 Å². The van der Waals surface area contributed by atoms with Gasteiger partial charge in [-0.3, -0.25) is 4.79 Å². The van der Waals surface area contributed by atoms with Gasteiger partial charge in [0, 0.05) is 12.0 Å². The molecule has 2 unspecified atom stereocenters. The summed E-state index contributed by atoms with van der Waals surface area (Å²) in [5.74, 6) is 1.20. The lowest BCUT2D eigenvalue weighted by atomic mass is 10.2. The fourth-order valence-corrected chi connectivity index (χ4v) is 1.62. The van der Waals surface area contributed by atoms with Gasteiger partial charge in [0.05, 0.1) is 11.9 Å². The molecule has 1 heterocycles. The van der Waals surface area contributed by atoms with E-state index >= 15 is 0 Å². The molecule has 0 aliphatic heterocycles. The van der Waals surface area contributed by atoms with Crippen LogP contribution in [0.4, 0.5) is 5.69 Å². The second-order valence-electron chi connectivity index (χ2n) is 4.98. The van der Waals surface area contributed by atoms with E-state index < -0.39 is 0 Å². The first-order valence-electron chi connectivity index (χ1n) is 5.92. The molecule has 3 N–H and O–H groups in total. The molecule has 0 radical (unpaired) electrons. The summed E-state index contributed by atoms with van der Waals surface area (Å²) in [5, 5.41) is 2.92. The number of aromatic nitrogens is 2. The molecule has 0 bridgehead atoms. The number of nitrogens with zero attached hydrogens (tertiary/aromatic N) is 2. The van der Waals surface area contributed by atoms with Crippen LogP contribution >= 0.6 is 0 Å². The summed E-state index contributed by atoms with van der Waals surface area (Å²) in [6, 6.07) is 0.277. The minimum absolute atomic E-state index is 0.182. The molecule has 0 spiro atoms. The van der Waals surface area contributed by atoms with Gasteiger partial charge in [-0.05, 0) is 12.3 Å². The van der Waals surface area contributed by atoms with Gasteiger partial charge in [0.2, 0.25) is 0 Å². The van der Waals surface area contributed by atoms with Crippen molar-refractivity contribution in [3.63, 3.8) is 0 Å². The standard InChI is InChI=1S/C12H18N4O/c1-6(2)11-14-5-8(13)10(16-11)12(17)15-9-4-7(9)3/h5-7,9H,4,13H2,1-3H3,(H,15,17). The number of nitrogens with one attached hydrogen (secondary N) is 1. The third-order valence-corrected chi connectivity index (χ3v) is 2.99. The van der Waals surface area contributed by atoms with E-state index in [1.54, 1.807) is 0 Å². The van der Waals surface area contributed by atoms with Crippen molar-refractivity contribution in [2.75, 3.05) is 5.73 Å². The Hall–Kier alpha value is -1.65. The highest BCUT2D eigenvalue weighted by molar-refractivity contribution is 5.97. The number of carbonyl (C=O) groups is 1. The molecular weight excluding hydrogens is 216 g/mol. The van der Waals surface area contributed by atoms with Crippen LogP contribution in [0.15, 0.2) is 6.20 Å². The Morgan fingerprint density at radius 2 is 2.24 bits per heavy atom. The van der Waals surface area contributed by atoms with Gasteiger partial charge in [0.25, 0.3) is 5.91 Å². The Morgan fingerprint density at radius 1 is 1.59 bits per heavy atom. The quantitative estimate of drug-likeness (QED) is 0.826. The Labute approximate surface area is 101 Å². The fourth-order valence-electron chi connectivity index (χ4n) is 1.62. The van der Waals surface area contributed by atoms with E-state index in [0.717, 1.165) is 6.42 Å². The first-order valence-corrected chi connectivity index (χ1v) is 5.92. The zero-order valence-electron chi connectivity index (χ0n) is 10.4. The SMILES string of the molecule is CC(C)c1ncc(N)c(C(=O)NC2CC2C)n1. The molecule has 1 aromatic rings. The Kier molecular flexibility index (Phi) is 3.00. The Balaban J connectivity index is 2.18. The monoisotopic (exact) mass is 234 g/mol. The van der Waals surface area contributed by atoms with Crippen molar-refractivity contribution in [1.29, 1.82) is 0 Å². The van der Waals surface area contributed by atoms with E-state index in [2.05, 4.69) is 22.2 Å². The summed E-state index contributed by atoms with van der Waals surface area (Å²) in [5.41, 5.74) is 6.36. The van der Waals surface area contributed by atoms with Crippen LogP contribution in [0.2, 0.25) is 0 Å². The van der Waals surface area contributed by atoms with E-state index in [-0.39, 0.29) is 17.9 Å². The largest absolute Gasteiger partial charge is 0.396 e. The maximum absolute atomic E-state index is 12.0. The van der Waals surface area contributed by atoms with Crippen LogP contribution in [0, 0.1) is 5.92 Å². The van der Waals surface area contributed by atoms with Gasteiger partial charge in [-0.25, -0.2) is 9.97 Å². The van der Waals surface area contributed by atoms with Crippen molar-refractivity contribution in [3.05, 3.63) is 17.7 Å². The average Bonchev–Trinajstić information content (AvgIpc) is 2.94. The van der Waals surface area contributed by atoms with Crippen molar-refractivity contribution in [2.45, 2.75) is 39.2 Å². The second-order valence-corrected chi connectivity index (χ2v) is 4.98. The smallest absolute Gasteiger partial charge is 0.272 e. The normalized spacial score (nSPS) is 22.6. The first-order chi connectivity index (χ1) is 7.99. The summed E-state index contributed by atoms with van der Waals surface area (Å²) in [4.78, 5) is 20.3. The van der Waals surface area contributed by atoms with Crippen LogP contribution in [-0.2, 0) is 0 Å². The van der Waals surface area contributed by atoms with E-state index in [1.807, 2.05) is 13.8 Å². The van der Waals surface area contributed by atoms with Crippen LogP contribution < -0.4 is 11.1 Å². The van der Waals surface area contributed by atoms with Gasteiger partial charge in [-0.2, -0.15) is 0 Å². The summed E-state index contributed by atoms with van der Waals surface area (Å²) in [6.07, 6.45) is 2.54. The van der Waals surface area contributed by atoms with E-state index in [9.17, 15) is 4.79 Å². The molecular formula is C12H18N4O. The number of nitrogen functional groups attached to an aromatic ring is 1. The number of carbonyl (C=O) groups excluding carboxylic acids is 1. The molecule has 1 aromatic heterocycles. The molecule has 5 nitrogen and oxygen atoms in total. The molecule has 2 rings (SSSR count). The molecule has 17 heavy (non-hydrogen) atoms. The zero-order valence-corrected chi connectivity index (χ0v) is 10.4. The third-order valence-electron chi connectivity index (χ3n) is 2.99. The number of nitrogens with two attached hydrogens (primary N) is 1. The maximum atomic E-state index is 12.0. The fraction of sp³-hybridized carbons (Fsp3) is 0.583. The highest BCUT2D eigenvalue weighted by atomic mass is 16.2. The number of hydrogen-bond donors (Lipinski definition) is 2. The highest BCUT2D eigenvalue weighted by Gasteiger charge is 2.34. The van der Waals surface area contributed by atoms with Crippen LogP contribution in [-0.4, -0.2) is 21.9 Å². The van der Waals surface area contributed by atoms with Gasteiger partial charge in [0.1, 0.15) is 5.82 Å². The summed E-state index contributed by atoms with van der Waals surface area (Å²) < 4.78 is 0. The first kappa shape index (κ1) is 11.8. The van der Waals surface area contributed by atoms with Crippen molar-refractivity contribution in [3.8, 4) is 0 Å². The highest BCUT2D eigenvalue weighted by Crippen LogP contribution is 2.29. The Morgan fingerprint density at radius 3 is 2.76 bits per heavy atom. The van der Waals surface area contributed by atoms with Gasteiger partial charge < -0.3 is 11.1 Å². The second kappa shape index (κ2) is 4.31. The minimum atomic E-state index is -0.193. The summed E-state index contributed by atoms with van der Waals surface area (Å²) in [6.45, 7) is 6.07. The van der Waals surface area contributed by atoms with Crippen LogP contribution in [0.5, 0.6) is 0 Å². The maximum Gasteiger partial charge on any atom is 0.272 e. The van der Waals surface area contributed by atoms with Crippen molar-refractivity contribution >= 4 is 11.6 Å². The van der Waals surface area contributed by atoms with E-state index in [0.29, 0.717) is 23.1 Å². The van der Waals surface area contributed by atoms with Gasteiger partial charge in [-0.1, -0.05) is 20.8 Å². The van der Waals surface area contributed by atoms with Crippen molar-refractivity contribution in [2.24, 2.45) is 5.92 Å². The summed E-state index contributed by atoms with van der Waals surface area (Å²) >= 11 is 0. The molecule has 5 heteroatoms. The minimum Gasteiger partial charge on any atom is -0.396 e. The number of amides is 1. The Bertz CT molecular complexity index is 444. The molecule has 2 atom stereocenters. The molecule has 1 aliphatic rings. The zero-order chi connectivity index (χ0) is 12.6. The molecule has 1 amide bonds. The van der Waals surface area contributed by atoms with Crippen LogP contribution in [0.1, 0.15) is 49.4 Å². The predicted molar refractivity (Wildman–Crippen MR) is 65.6 cm³/mol. The lowest BCUT2D eigenvalue weighted by Gasteiger charge is -2.09. The number of anilines is 1. The average molecular weight is 234 g/mol. The van der Waals surface area contributed by atoms with E-state index in [1.165, 1.54) is 6.20 Å². The van der Waals surface area contributed by atoms with Gasteiger partial charge >= 0.3 is 0 Å². The van der Waals surface area contributed by atoms with Crippen LogP contribution in [0.25, 0.3) is 0 Å². The molecule has 0 aromatic carbocycles. The van der Waals surface area contributed by atoms with Gasteiger partial charge in [0.15, 0.2) is 5.69 Å². The molecule has 1 aliphatic carbocycles.